The third kappa shape index (κ3) is 1.84. The number of hydrogen-bond acceptors (Lipinski definition) is 3. The van der Waals surface area contributed by atoms with Gasteiger partial charge in [0.25, 0.3) is 0 Å². The number of ether oxygens (including phenoxy) is 3. The summed E-state index contributed by atoms with van der Waals surface area (Å²) in [6, 6.07) is 0. The van der Waals surface area contributed by atoms with Crippen LogP contribution in [0.5, 0.6) is 0 Å². The van der Waals surface area contributed by atoms with Crippen molar-refractivity contribution in [2.75, 3.05) is 20.8 Å². The van der Waals surface area contributed by atoms with E-state index in [-0.39, 0.29) is 11.4 Å². The molecule has 5 rings (SSSR count). The summed E-state index contributed by atoms with van der Waals surface area (Å²) in [7, 11) is 3.58. The van der Waals surface area contributed by atoms with E-state index in [9.17, 15) is 0 Å². The summed E-state index contributed by atoms with van der Waals surface area (Å²) < 4.78 is 17.5. The fourth-order valence-electron chi connectivity index (χ4n) is 6.63. The van der Waals surface area contributed by atoms with Crippen molar-refractivity contribution in [3.63, 3.8) is 0 Å². The van der Waals surface area contributed by atoms with Gasteiger partial charge in [0.05, 0.1) is 12.2 Å². The Morgan fingerprint density at radius 3 is 2.62 bits per heavy atom. The maximum absolute atomic E-state index is 6.00. The molecule has 2 fully saturated rings. The lowest BCUT2D eigenvalue weighted by Gasteiger charge is -2.48. The lowest BCUT2D eigenvalue weighted by molar-refractivity contribution is -0.212. The van der Waals surface area contributed by atoms with Crippen LogP contribution in [0, 0.1) is 17.3 Å². The van der Waals surface area contributed by atoms with Gasteiger partial charge in [-0.05, 0) is 61.5 Å². The van der Waals surface area contributed by atoms with E-state index < -0.39 is 0 Å². The first-order valence-corrected chi connectivity index (χ1v) is 9.72. The first kappa shape index (κ1) is 15.6. The normalized spacial score (nSPS) is 45.5. The van der Waals surface area contributed by atoms with Crippen LogP contribution in [-0.4, -0.2) is 32.2 Å². The van der Waals surface area contributed by atoms with Gasteiger partial charge in [0.2, 0.25) is 0 Å². The Bertz CT molecular complexity index is 623. The van der Waals surface area contributed by atoms with Crippen LogP contribution < -0.4 is 0 Å². The van der Waals surface area contributed by atoms with Gasteiger partial charge in [0.15, 0.2) is 5.79 Å². The molecule has 24 heavy (non-hydrogen) atoms. The van der Waals surface area contributed by atoms with E-state index in [0.29, 0.717) is 5.41 Å². The smallest absolute Gasteiger partial charge is 0.171 e. The molecule has 4 atom stereocenters. The summed E-state index contributed by atoms with van der Waals surface area (Å²) in [6.07, 6.45) is 12.0. The lowest BCUT2D eigenvalue weighted by Crippen LogP contribution is -2.44. The summed E-state index contributed by atoms with van der Waals surface area (Å²) in [5.41, 5.74) is 5.58. The monoisotopic (exact) mass is 330 g/mol. The van der Waals surface area contributed by atoms with Gasteiger partial charge in [-0.2, -0.15) is 0 Å². The standard InChI is InChI=1S/C21H30O3/c1-19-9-6-16-15-7-11-21(22-2,23-3)12-14(15)4-5-17(16)18(19)8-10-20(19)13-24-20/h6,17-18H,4-5,7-13H2,1-3H3/t17-,18+,19+,20-/m1/s1. The van der Waals surface area contributed by atoms with Gasteiger partial charge in [0.1, 0.15) is 0 Å². The van der Waals surface area contributed by atoms with Gasteiger partial charge >= 0.3 is 0 Å². The average Bonchev–Trinajstić information content (AvgIpc) is 3.35. The van der Waals surface area contributed by atoms with Crippen molar-refractivity contribution in [1.82, 2.24) is 0 Å². The molecule has 1 aliphatic heterocycles. The highest BCUT2D eigenvalue weighted by molar-refractivity contribution is 5.45. The van der Waals surface area contributed by atoms with E-state index in [1.54, 1.807) is 30.9 Å². The zero-order valence-electron chi connectivity index (χ0n) is 15.3. The molecule has 3 heteroatoms. The minimum atomic E-state index is -0.380. The van der Waals surface area contributed by atoms with Crippen LogP contribution >= 0.6 is 0 Å². The molecule has 0 unspecified atom stereocenters. The highest BCUT2D eigenvalue weighted by Crippen LogP contribution is 2.67. The van der Waals surface area contributed by atoms with Crippen molar-refractivity contribution in [2.24, 2.45) is 17.3 Å². The molecule has 0 aromatic rings. The highest BCUT2D eigenvalue weighted by atomic mass is 16.7. The van der Waals surface area contributed by atoms with Gasteiger partial charge in [0, 0.05) is 32.5 Å². The summed E-state index contributed by atoms with van der Waals surface area (Å²) >= 11 is 0. The van der Waals surface area contributed by atoms with Crippen molar-refractivity contribution in [1.29, 1.82) is 0 Å². The minimum absolute atomic E-state index is 0.238. The van der Waals surface area contributed by atoms with E-state index in [0.717, 1.165) is 37.7 Å². The molecule has 3 nitrogen and oxygen atoms in total. The first-order valence-electron chi connectivity index (χ1n) is 9.72. The molecule has 1 spiro atoms. The van der Waals surface area contributed by atoms with Gasteiger partial charge in [-0.3, -0.25) is 0 Å². The molecule has 132 valence electrons. The average molecular weight is 330 g/mol. The number of rotatable bonds is 2. The van der Waals surface area contributed by atoms with Crippen LogP contribution in [0.3, 0.4) is 0 Å². The molecule has 0 aromatic carbocycles. The second-order valence-corrected chi connectivity index (χ2v) is 8.93. The Kier molecular flexibility index (Phi) is 3.22. The molecule has 0 radical (unpaired) electrons. The summed E-state index contributed by atoms with van der Waals surface area (Å²) in [5, 5.41) is 0. The van der Waals surface area contributed by atoms with E-state index >= 15 is 0 Å². The Morgan fingerprint density at radius 1 is 1.12 bits per heavy atom. The Morgan fingerprint density at radius 2 is 1.92 bits per heavy atom. The zero-order chi connectivity index (χ0) is 16.6. The SMILES string of the molecule is COC1(OC)CCC2=C(CC[C@@H]3C2=CC[C@@]2(C)[C@H]3CC[C@@]23CO3)C1. The van der Waals surface area contributed by atoms with Crippen LogP contribution in [-0.2, 0) is 14.2 Å². The lowest BCUT2D eigenvalue weighted by atomic mass is 9.57. The van der Waals surface area contributed by atoms with Gasteiger partial charge in [-0.25, -0.2) is 0 Å². The van der Waals surface area contributed by atoms with Crippen molar-refractivity contribution in [3.05, 3.63) is 22.8 Å². The maximum atomic E-state index is 6.00. The van der Waals surface area contributed by atoms with Gasteiger partial charge < -0.3 is 14.2 Å². The summed E-state index contributed by atoms with van der Waals surface area (Å²) in [4.78, 5) is 0. The zero-order valence-corrected chi connectivity index (χ0v) is 15.3. The second-order valence-electron chi connectivity index (χ2n) is 8.93. The second kappa shape index (κ2) is 4.96. The Hall–Kier alpha value is -0.640. The highest BCUT2D eigenvalue weighted by Gasteiger charge is 2.67. The molecule has 1 saturated carbocycles. The fourth-order valence-corrected chi connectivity index (χ4v) is 6.63. The van der Waals surface area contributed by atoms with Gasteiger partial charge in [-0.1, -0.05) is 18.6 Å². The third-order valence-electron chi connectivity index (χ3n) is 8.36. The molecule has 0 amide bonds. The van der Waals surface area contributed by atoms with Crippen molar-refractivity contribution < 1.29 is 14.2 Å². The molecule has 4 aliphatic carbocycles. The predicted molar refractivity (Wildman–Crippen MR) is 92.6 cm³/mol. The molecular formula is C21H30O3. The van der Waals surface area contributed by atoms with E-state index in [4.69, 9.17) is 14.2 Å². The van der Waals surface area contributed by atoms with Crippen molar-refractivity contribution in [3.8, 4) is 0 Å². The largest absolute Gasteiger partial charge is 0.369 e. The van der Waals surface area contributed by atoms with Crippen LogP contribution in [0.25, 0.3) is 0 Å². The minimum Gasteiger partial charge on any atom is -0.369 e. The molecule has 5 aliphatic rings. The molecule has 0 N–H and O–H groups in total. The number of epoxide rings is 1. The molecule has 0 aromatic heterocycles. The topological polar surface area (TPSA) is 31.0 Å². The molecular weight excluding hydrogens is 300 g/mol. The summed E-state index contributed by atoms with van der Waals surface area (Å²) in [6.45, 7) is 3.52. The molecule has 0 bridgehead atoms. The Balaban J connectivity index is 1.49. The van der Waals surface area contributed by atoms with E-state index in [2.05, 4.69) is 13.0 Å². The first-order chi connectivity index (χ1) is 11.6. The number of allylic oxidation sites excluding steroid dienone is 3. The van der Waals surface area contributed by atoms with Crippen molar-refractivity contribution in [2.45, 2.75) is 69.7 Å². The van der Waals surface area contributed by atoms with E-state index in [1.165, 1.54) is 32.1 Å². The fraction of sp³-hybridized carbons (Fsp3) is 0.810. The van der Waals surface area contributed by atoms with Crippen LogP contribution in [0.1, 0.15) is 58.3 Å². The Labute approximate surface area is 145 Å². The summed E-state index contributed by atoms with van der Waals surface area (Å²) in [5.74, 6) is 1.21. The van der Waals surface area contributed by atoms with Gasteiger partial charge in [-0.15, -0.1) is 0 Å². The maximum Gasteiger partial charge on any atom is 0.171 e. The van der Waals surface area contributed by atoms with E-state index in [1.807, 2.05) is 0 Å². The number of hydrogen-bond donors (Lipinski definition) is 0. The van der Waals surface area contributed by atoms with Crippen LogP contribution in [0.4, 0.5) is 0 Å². The third-order valence-corrected chi connectivity index (χ3v) is 8.36. The van der Waals surface area contributed by atoms with Crippen molar-refractivity contribution >= 4 is 0 Å². The predicted octanol–water partition coefficient (Wildman–Crippen LogP) is 4.38. The number of fused-ring (bicyclic) bond motifs is 5. The van der Waals surface area contributed by atoms with Crippen LogP contribution in [0.15, 0.2) is 22.8 Å². The number of methoxy groups -OCH3 is 2. The van der Waals surface area contributed by atoms with Crippen LogP contribution in [0.2, 0.25) is 0 Å². The molecule has 1 saturated heterocycles. The quantitative estimate of drug-likeness (QED) is 0.556. The molecule has 1 heterocycles.